The summed E-state index contributed by atoms with van der Waals surface area (Å²) >= 11 is 0. The van der Waals surface area contributed by atoms with Crippen LogP contribution < -0.4 is 14.8 Å². The number of halogens is 1. The molecular formula is C30H37FN4O4S. The molecule has 1 saturated heterocycles. The summed E-state index contributed by atoms with van der Waals surface area (Å²) < 4.78 is 45.1. The Labute approximate surface area is 236 Å². The van der Waals surface area contributed by atoms with Gasteiger partial charge in [-0.05, 0) is 73.4 Å². The Bertz CT molecular complexity index is 1360. The van der Waals surface area contributed by atoms with Crippen molar-refractivity contribution in [2.45, 2.75) is 45.2 Å². The molecule has 4 rings (SSSR count). The van der Waals surface area contributed by atoms with Crippen molar-refractivity contribution < 1.29 is 22.3 Å². The number of nitrogens with one attached hydrogen (secondary N) is 2. The van der Waals surface area contributed by atoms with Gasteiger partial charge in [0.25, 0.3) is 0 Å². The topological polar surface area (TPSA) is 91.0 Å². The summed E-state index contributed by atoms with van der Waals surface area (Å²) in [5, 5.41) is 2.76. The Morgan fingerprint density at radius 1 is 1.00 bits per heavy atom. The van der Waals surface area contributed by atoms with Gasteiger partial charge in [-0.1, -0.05) is 37.6 Å². The van der Waals surface area contributed by atoms with Gasteiger partial charge in [0, 0.05) is 37.9 Å². The van der Waals surface area contributed by atoms with E-state index in [0.29, 0.717) is 23.7 Å². The first-order valence-electron chi connectivity index (χ1n) is 13.6. The number of likely N-dealkylation sites (tertiary alicyclic amines) is 1. The molecular weight excluding hydrogens is 531 g/mol. The van der Waals surface area contributed by atoms with E-state index < -0.39 is 15.8 Å². The summed E-state index contributed by atoms with van der Waals surface area (Å²) in [6.07, 6.45) is 4.71. The first-order valence-corrected chi connectivity index (χ1v) is 15.5. The molecule has 1 fully saturated rings. The Kier molecular flexibility index (Phi) is 10.0. The lowest BCUT2D eigenvalue weighted by molar-refractivity contribution is 0.122. The number of piperidine rings is 1. The van der Waals surface area contributed by atoms with E-state index in [-0.39, 0.29) is 17.8 Å². The molecule has 40 heavy (non-hydrogen) atoms. The van der Waals surface area contributed by atoms with Crippen molar-refractivity contribution in [3.63, 3.8) is 0 Å². The summed E-state index contributed by atoms with van der Waals surface area (Å²) in [4.78, 5) is 17.3. The minimum atomic E-state index is -3.32. The molecule has 0 atom stereocenters. The predicted octanol–water partition coefficient (Wildman–Crippen LogP) is 6.29. The zero-order valence-electron chi connectivity index (χ0n) is 23.0. The number of hydrogen-bond acceptors (Lipinski definition) is 5. The zero-order chi connectivity index (χ0) is 28.5. The number of anilines is 2. The maximum Gasteiger partial charge on any atom is 0.322 e. The van der Waals surface area contributed by atoms with Crippen molar-refractivity contribution >= 4 is 27.4 Å². The number of benzene rings is 3. The first-order chi connectivity index (χ1) is 19.2. The third-order valence-electron chi connectivity index (χ3n) is 6.85. The molecule has 0 spiro atoms. The number of rotatable bonds is 11. The highest BCUT2D eigenvalue weighted by Crippen LogP contribution is 2.25. The Morgan fingerprint density at radius 2 is 1.62 bits per heavy atom. The normalized spacial score (nSPS) is 14.5. The highest BCUT2D eigenvalue weighted by molar-refractivity contribution is 7.92. The largest absolute Gasteiger partial charge is 0.457 e. The van der Waals surface area contributed by atoms with Gasteiger partial charge in [0.1, 0.15) is 17.3 Å². The minimum Gasteiger partial charge on any atom is -0.457 e. The van der Waals surface area contributed by atoms with Crippen LogP contribution in [0.15, 0.2) is 72.8 Å². The lowest BCUT2D eigenvalue weighted by Gasteiger charge is -2.38. The second-order valence-electron chi connectivity index (χ2n) is 10.1. The van der Waals surface area contributed by atoms with Crippen LogP contribution in [0, 0.1) is 5.82 Å². The molecule has 0 aromatic heterocycles. The molecule has 0 aliphatic carbocycles. The van der Waals surface area contributed by atoms with Gasteiger partial charge in [-0.25, -0.2) is 17.6 Å². The summed E-state index contributed by atoms with van der Waals surface area (Å²) in [6.45, 7) is 5.29. The first kappa shape index (κ1) is 29.4. The smallest absolute Gasteiger partial charge is 0.322 e. The van der Waals surface area contributed by atoms with Crippen LogP contribution in [-0.4, -0.2) is 56.2 Å². The molecule has 3 aromatic rings. The highest BCUT2D eigenvalue weighted by atomic mass is 32.2. The van der Waals surface area contributed by atoms with E-state index in [1.165, 1.54) is 11.6 Å². The average Bonchev–Trinajstić information content (AvgIpc) is 2.92. The van der Waals surface area contributed by atoms with Crippen LogP contribution in [0.5, 0.6) is 11.5 Å². The van der Waals surface area contributed by atoms with Gasteiger partial charge in [0.05, 0.1) is 11.9 Å². The third kappa shape index (κ3) is 8.69. The summed E-state index contributed by atoms with van der Waals surface area (Å²) in [6, 6.07) is 20.8. The second kappa shape index (κ2) is 13.6. The number of unbranched alkanes of at least 4 members (excludes halogenated alkanes) is 1. The number of ether oxygens (including phenoxy) is 1. The SMILES string of the molecule is CCCCN(C(=O)Nc1ccccc1F)C1CCN(Cc2ccc(Oc3ccc(NS(C)(=O)=O)cc3)cc2)CC1. The number of urea groups is 1. The van der Waals surface area contributed by atoms with Gasteiger partial charge in [0.2, 0.25) is 10.0 Å². The fraction of sp³-hybridized carbons (Fsp3) is 0.367. The van der Waals surface area contributed by atoms with Gasteiger partial charge >= 0.3 is 6.03 Å². The number of para-hydroxylation sites is 1. The number of amides is 2. The van der Waals surface area contributed by atoms with E-state index >= 15 is 0 Å². The second-order valence-corrected chi connectivity index (χ2v) is 11.9. The standard InChI is InChI=1S/C30H37FN4O4S/c1-3-4-19-35(30(36)32-29-8-6-5-7-28(29)31)25-17-20-34(21-18-25)22-23-9-13-26(14-10-23)39-27-15-11-24(12-16-27)33-40(2,37)38/h5-16,25,33H,3-4,17-22H2,1-2H3,(H,32,36). The zero-order valence-corrected chi connectivity index (χ0v) is 23.8. The van der Waals surface area contributed by atoms with Crippen molar-refractivity contribution in [3.05, 3.63) is 84.2 Å². The quantitative estimate of drug-likeness (QED) is 0.284. The van der Waals surface area contributed by atoms with Crippen LogP contribution in [0.1, 0.15) is 38.2 Å². The molecule has 1 aliphatic rings. The Morgan fingerprint density at radius 3 is 2.23 bits per heavy atom. The van der Waals surface area contributed by atoms with Gasteiger partial charge < -0.3 is 15.0 Å². The Hall–Kier alpha value is -3.63. The molecule has 0 saturated carbocycles. The van der Waals surface area contributed by atoms with Gasteiger partial charge in [0.15, 0.2) is 0 Å². The van der Waals surface area contributed by atoms with E-state index in [1.807, 2.05) is 29.2 Å². The fourth-order valence-electron chi connectivity index (χ4n) is 4.78. The number of sulfonamides is 1. The van der Waals surface area contributed by atoms with E-state index in [9.17, 15) is 17.6 Å². The maximum atomic E-state index is 14.1. The van der Waals surface area contributed by atoms with E-state index in [2.05, 4.69) is 21.9 Å². The van der Waals surface area contributed by atoms with E-state index in [4.69, 9.17) is 4.74 Å². The maximum absolute atomic E-state index is 14.1. The number of nitrogens with zero attached hydrogens (tertiary/aromatic N) is 2. The monoisotopic (exact) mass is 568 g/mol. The van der Waals surface area contributed by atoms with Crippen LogP contribution in [-0.2, 0) is 16.6 Å². The Balaban J connectivity index is 1.28. The van der Waals surface area contributed by atoms with Crippen LogP contribution in [0.4, 0.5) is 20.6 Å². The van der Waals surface area contributed by atoms with Crippen LogP contribution in [0.25, 0.3) is 0 Å². The highest BCUT2D eigenvalue weighted by Gasteiger charge is 2.28. The van der Waals surface area contributed by atoms with Crippen molar-refractivity contribution in [1.82, 2.24) is 9.80 Å². The van der Waals surface area contributed by atoms with Gasteiger partial charge in [-0.3, -0.25) is 9.62 Å². The van der Waals surface area contributed by atoms with Gasteiger partial charge in [-0.2, -0.15) is 0 Å². The van der Waals surface area contributed by atoms with Crippen molar-refractivity contribution in [2.75, 3.05) is 35.9 Å². The third-order valence-corrected chi connectivity index (χ3v) is 7.46. The number of carbonyl (C=O) groups excluding carboxylic acids is 1. The lowest BCUT2D eigenvalue weighted by Crippen LogP contribution is -2.49. The predicted molar refractivity (Wildman–Crippen MR) is 157 cm³/mol. The molecule has 8 nitrogen and oxygen atoms in total. The molecule has 2 amide bonds. The molecule has 0 radical (unpaired) electrons. The molecule has 0 unspecified atom stereocenters. The number of carbonyl (C=O) groups is 1. The molecule has 1 heterocycles. The molecule has 3 aromatic carbocycles. The molecule has 214 valence electrons. The minimum absolute atomic E-state index is 0.115. The van der Waals surface area contributed by atoms with Crippen molar-refractivity contribution in [1.29, 1.82) is 0 Å². The molecule has 2 N–H and O–H groups in total. The summed E-state index contributed by atoms with van der Waals surface area (Å²) in [5.41, 5.74) is 1.85. The van der Waals surface area contributed by atoms with Gasteiger partial charge in [-0.15, -0.1) is 0 Å². The van der Waals surface area contributed by atoms with Crippen LogP contribution >= 0.6 is 0 Å². The van der Waals surface area contributed by atoms with Crippen LogP contribution in [0.2, 0.25) is 0 Å². The lowest BCUT2D eigenvalue weighted by atomic mass is 10.0. The van der Waals surface area contributed by atoms with Crippen LogP contribution in [0.3, 0.4) is 0 Å². The van der Waals surface area contributed by atoms with Crippen molar-refractivity contribution in [2.24, 2.45) is 0 Å². The molecule has 0 bridgehead atoms. The molecule has 10 heteroatoms. The fourth-order valence-corrected chi connectivity index (χ4v) is 5.34. The summed E-state index contributed by atoms with van der Waals surface area (Å²) in [5.74, 6) is 0.872. The number of hydrogen-bond donors (Lipinski definition) is 2. The average molecular weight is 569 g/mol. The summed E-state index contributed by atoms with van der Waals surface area (Å²) in [7, 11) is -3.32. The van der Waals surface area contributed by atoms with E-state index in [1.54, 1.807) is 42.5 Å². The van der Waals surface area contributed by atoms with E-state index in [0.717, 1.165) is 51.6 Å². The molecule has 1 aliphatic heterocycles. The van der Waals surface area contributed by atoms with Crippen molar-refractivity contribution in [3.8, 4) is 11.5 Å².